The number of halogens is 1. The first kappa shape index (κ1) is 24.5. The number of amides is 1. The summed E-state index contributed by atoms with van der Waals surface area (Å²) < 4.78 is 0. The van der Waals surface area contributed by atoms with Crippen LogP contribution in [-0.2, 0) is 4.79 Å². The molecule has 2 N–H and O–H groups in total. The number of hydrogen-bond donors (Lipinski definition) is 2. The maximum atomic E-state index is 12.7. The van der Waals surface area contributed by atoms with Gasteiger partial charge in [-0.1, -0.05) is 26.2 Å². The zero-order chi connectivity index (χ0) is 19.0. The van der Waals surface area contributed by atoms with Crippen LogP contribution in [0.3, 0.4) is 0 Å². The minimum Gasteiger partial charge on any atom is -0.355 e. The van der Waals surface area contributed by atoms with Gasteiger partial charge in [-0.15, -0.1) is 24.0 Å². The van der Waals surface area contributed by atoms with Gasteiger partial charge in [-0.05, 0) is 38.6 Å². The Balaban J connectivity index is 0.00000364. The van der Waals surface area contributed by atoms with Crippen LogP contribution in [0.1, 0.15) is 58.3 Å². The molecule has 2 rings (SSSR count). The highest BCUT2D eigenvalue weighted by Gasteiger charge is 2.42. The van der Waals surface area contributed by atoms with E-state index in [2.05, 4.69) is 27.4 Å². The molecule has 1 saturated heterocycles. The fourth-order valence-electron chi connectivity index (χ4n) is 4.60. The van der Waals surface area contributed by atoms with Gasteiger partial charge in [-0.3, -0.25) is 14.7 Å². The lowest BCUT2D eigenvalue weighted by Crippen LogP contribution is -2.50. The Bertz CT molecular complexity index is 477. The minimum absolute atomic E-state index is 0. The molecule has 6 nitrogen and oxygen atoms in total. The molecule has 27 heavy (non-hydrogen) atoms. The Morgan fingerprint density at radius 1 is 1.19 bits per heavy atom. The molecule has 7 heteroatoms. The molecule has 158 valence electrons. The van der Waals surface area contributed by atoms with Crippen molar-refractivity contribution in [3.63, 3.8) is 0 Å². The Labute approximate surface area is 182 Å². The fraction of sp³-hybridized carbons (Fsp3) is 0.900. The van der Waals surface area contributed by atoms with E-state index in [9.17, 15) is 4.79 Å². The monoisotopic (exact) mass is 493 g/mol. The van der Waals surface area contributed by atoms with Gasteiger partial charge in [0, 0.05) is 46.8 Å². The van der Waals surface area contributed by atoms with Crippen LogP contribution in [0.15, 0.2) is 4.99 Å². The first-order chi connectivity index (χ1) is 12.5. The zero-order valence-corrected chi connectivity index (χ0v) is 20.1. The van der Waals surface area contributed by atoms with E-state index in [0.717, 1.165) is 50.8 Å². The smallest absolute Gasteiger partial charge is 0.230 e. The predicted octanol–water partition coefficient (Wildman–Crippen LogP) is 2.68. The van der Waals surface area contributed by atoms with Gasteiger partial charge in [0.1, 0.15) is 0 Å². The molecule has 0 aromatic carbocycles. The maximum Gasteiger partial charge on any atom is 0.230 e. The Kier molecular flexibility index (Phi) is 11.0. The number of piperidine rings is 1. The lowest BCUT2D eigenvalue weighted by atomic mass is 9.84. The quantitative estimate of drug-likeness (QED) is 0.325. The minimum atomic E-state index is -0.263. The van der Waals surface area contributed by atoms with Crippen LogP contribution >= 0.6 is 24.0 Å². The summed E-state index contributed by atoms with van der Waals surface area (Å²) in [6.45, 7) is 6.13. The van der Waals surface area contributed by atoms with Gasteiger partial charge in [0.15, 0.2) is 5.96 Å². The van der Waals surface area contributed by atoms with Crippen molar-refractivity contribution in [1.82, 2.24) is 20.4 Å². The molecule has 2 aliphatic rings. The summed E-state index contributed by atoms with van der Waals surface area (Å²) in [6, 6.07) is 0.736. The molecule has 0 aromatic rings. The van der Waals surface area contributed by atoms with E-state index in [1.807, 2.05) is 14.1 Å². The fourth-order valence-corrected chi connectivity index (χ4v) is 4.60. The molecule has 0 radical (unpaired) electrons. The number of carbonyl (C=O) groups is 1. The molecule has 1 heterocycles. The highest BCUT2D eigenvalue weighted by atomic mass is 127. The third-order valence-electron chi connectivity index (χ3n) is 6.15. The highest BCUT2D eigenvalue weighted by Crippen LogP contribution is 2.38. The summed E-state index contributed by atoms with van der Waals surface area (Å²) in [5, 5.41) is 6.87. The van der Waals surface area contributed by atoms with E-state index >= 15 is 0 Å². The highest BCUT2D eigenvalue weighted by molar-refractivity contribution is 14.0. The van der Waals surface area contributed by atoms with Crippen molar-refractivity contribution >= 4 is 35.8 Å². The van der Waals surface area contributed by atoms with Crippen molar-refractivity contribution in [2.75, 3.05) is 47.3 Å². The van der Waals surface area contributed by atoms with Crippen molar-refractivity contribution in [1.29, 1.82) is 0 Å². The number of likely N-dealkylation sites (tertiary alicyclic amines) is 1. The number of carbonyl (C=O) groups excluding carboxylic acids is 1. The lowest BCUT2D eigenvalue weighted by Gasteiger charge is -2.35. The second-order valence-corrected chi connectivity index (χ2v) is 8.13. The van der Waals surface area contributed by atoms with Crippen LogP contribution in [0.4, 0.5) is 0 Å². The third kappa shape index (κ3) is 6.76. The number of nitrogens with zero attached hydrogens (tertiary/aromatic N) is 3. The van der Waals surface area contributed by atoms with E-state index in [1.54, 1.807) is 11.9 Å². The van der Waals surface area contributed by atoms with Crippen LogP contribution in [0.2, 0.25) is 0 Å². The molecule has 1 aliphatic carbocycles. The van der Waals surface area contributed by atoms with E-state index < -0.39 is 0 Å². The average molecular weight is 493 g/mol. The first-order valence-corrected chi connectivity index (χ1v) is 10.4. The normalized spacial score (nSPS) is 22.8. The summed E-state index contributed by atoms with van der Waals surface area (Å²) in [7, 11) is 5.52. The first-order valence-electron chi connectivity index (χ1n) is 10.4. The second-order valence-electron chi connectivity index (χ2n) is 8.13. The maximum absolute atomic E-state index is 12.7. The number of nitrogens with one attached hydrogen (secondary N) is 2. The summed E-state index contributed by atoms with van der Waals surface area (Å²) in [4.78, 5) is 21.4. The van der Waals surface area contributed by atoms with Gasteiger partial charge in [0.25, 0.3) is 0 Å². The topological polar surface area (TPSA) is 60.0 Å². The van der Waals surface area contributed by atoms with Crippen LogP contribution in [0, 0.1) is 5.41 Å². The Morgan fingerprint density at radius 3 is 2.48 bits per heavy atom. The summed E-state index contributed by atoms with van der Waals surface area (Å²) in [5.41, 5.74) is -0.263. The van der Waals surface area contributed by atoms with Crippen LogP contribution in [0.5, 0.6) is 0 Å². The van der Waals surface area contributed by atoms with Crippen molar-refractivity contribution in [3.8, 4) is 0 Å². The molecule has 1 atom stereocenters. The van der Waals surface area contributed by atoms with Crippen molar-refractivity contribution in [2.45, 2.75) is 64.3 Å². The second kappa shape index (κ2) is 12.1. The predicted molar refractivity (Wildman–Crippen MR) is 124 cm³/mol. The zero-order valence-electron chi connectivity index (χ0n) is 17.7. The lowest BCUT2D eigenvalue weighted by molar-refractivity contribution is -0.138. The van der Waals surface area contributed by atoms with E-state index in [4.69, 9.17) is 0 Å². The van der Waals surface area contributed by atoms with E-state index in [-0.39, 0.29) is 35.3 Å². The number of aliphatic imine (C=N–C) groups is 1. The van der Waals surface area contributed by atoms with Gasteiger partial charge >= 0.3 is 0 Å². The summed E-state index contributed by atoms with van der Waals surface area (Å²) >= 11 is 0. The Morgan fingerprint density at radius 2 is 1.89 bits per heavy atom. The molecular formula is C20H40IN5O. The number of guanidine groups is 1. The Hall–Kier alpha value is -0.570. The van der Waals surface area contributed by atoms with Crippen LogP contribution in [0.25, 0.3) is 0 Å². The number of hydrogen-bond acceptors (Lipinski definition) is 3. The largest absolute Gasteiger partial charge is 0.355 e. The van der Waals surface area contributed by atoms with Gasteiger partial charge in [-0.25, -0.2) is 0 Å². The van der Waals surface area contributed by atoms with Gasteiger partial charge < -0.3 is 15.5 Å². The van der Waals surface area contributed by atoms with Gasteiger partial charge in [-0.2, -0.15) is 0 Å². The molecule has 0 aromatic heterocycles. The van der Waals surface area contributed by atoms with Crippen LogP contribution in [-0.4, -0.2) is 75.0 Å². The SMILES string of the molecule is CCC1CCCCN1CCNC(=NC)NCC1(C(=O)N(C)C)CCCC1.I. The van der Waals surface area contributed by atoms with E-state index in [0.29, 0.717) is 6.54 Å². The molecule has 1 saturated carbocycles. The molecule has 1 amide bonds. The average Bonchev–Trinajstić information content (AvgIpc) is 3.14. The van der Waals surface area contributed by atoms with Crippen molar-refractivity contribution in [2.24, 2.45) is 10.4 Å². The summed E-state index contributed by atoms with van der Waals surface area (Å²) in [5.74, 6) is 1.06. The molecular weight excluding hydrogens is 453 g/mol. The molecule has 2 fully saturated rings. The molecule has 1 unspecified atom stereocenters. The molecule has 0 spiro atoms. The van der Waals surface area contributed by atoms with Gasteiger partial charge in [0.2, 0.25) is 5.91 Å². The van der Waals surface area contributed by atoms with Crippen molar-refractivity contribution < 1.29 is 4.79 Å². The number of rotatable bonds is 7. The van der Waals surface area contributed by atoms with E-state index in [1.165, 1.54) is 32.2 Å². The third-order valence-corrected chi connectivity index (χ3v) is 6.15. The van der Waals surface area contributed by atoms with Crippen molar-refractivity contribution in [3.05, 3.63) is 0 Å². The van der Waals surface area contributed by atoms with Gasteiger partial charge in [0.05, 0.1) is 5.41 Å². The molecule has 0 bridgehead atoms. The molecule has 1 aliphatic heterocycles. The van der Waals surface area contributed by atoms with Crippen LogP contribution < -0.4 is 10.6 Å². The summed E-state index contributed by atoms with van der Waals surface area (Å²) in [6.07, 6.45) is 9.48. The standard InChI is InChI=1S/C20H39N5O.HI/c1-5-17-10-6-9-14-25(17)15-13-22-19(21-2)23-16-20(11-7-8-12-20)18(26)24(3)4;/h17H,5-16H2,1-4H3,(H2,21,22,23);1H.